The van der Waals surface area contributed by atoms with Crippen LogP contribution in [0, 0.1) is 23.0 Å². The Hall–Kier alpha value is -3.46. The molecule has 0 aliphatic heterocycles. The molecule has 1 N–H and O–H groups in total. The molecule has 25 heavy (non-hydrogen) atoms. The van der Waals surface area contributed by atoms with Crippen molar-refractivity contribution >= 4 is 17.7 Å². The van der Waals surface area contributed by atoms with Crippen LogP contribution in [0.15, 0.2) is 60.7 Å². The van der Waals surface area contributed by atoms with Gasteiger partial charge in [0.25, 0.3) is 5.91 Å². The number of amides is 1. The van der Waals surface area contributed by atoms with E-state index in [1.165, 1.54) is 6.08 Å². The van der Waals surface area contributed by atoms with Gasteiger partial charge in [0.05, 0.1) is 5.69 Å². The summed E-state index contributed by atoms with van der Waals surface area (Å²) in [6.45, 7) is 3.82. The van der Waals surface area contributed by atoms with Crippen molar-refractivity contribution in [3.8, 4) is 11.8 Å². The van der Waals surface area contributed by atoms with Crippen molar-refractivity contribution in [3.63, 3.8) is 0 Å². The van der Waals surface area contributed by atoms with Gasteiger partial charge in [0.15, 0.2) is 0 Å². The molecule has 2 aromatic rings. The number of benzene rings is 2. The lowest BCUT2D eigenvalue weighted by Crippen LogP contribution is -2.14. The maximum absolute atomic E-state index is 13.6. The molecule has 0 radical (unpaired) electrons. The van der Waals surface area contributed by atoms with Crippen LogP contribution in [-0.2, 0) is 4.79 Å². The van der Waals surface area contributed by atoms with Crippen molar-refractivity contribution in [1.82, 2.24) is 0 Å². The van der Waals surface area contributed by atoms with Crippen LogP contribution in [0.5, 0.6) is 5.75 Å². The molecule has 0 saturated carbocycles. The first-order valence-corrected chi connectivity index (χ1v) is 7.26. The first-order chi connectivity index (χ1) is 12.0. The Bertz CT molecular complexity index is 870. The van der Waals surface area contributed by atoms with Crippen LogP contribution in [0.25, 0.3) is 6.08 Å². The highest BCUT2D eigenvalue weighted by molar-refractivity contribution is 6.09. The third kappa shape index (κ3) is 4.75. The zero-order valence-corrected chi connectivity index (χ0v) is 13.1. The second-order valence-corrected chi connectivity index (χ2v) is 4.89. The van der Waals surface area contributed by atoms with E-state index in [2.05, 4.69) is 11.9 Å². The molecule has 2 aromatic carbocycles. The molecule has 0 heterocycles. The molecule has 0 bridgehead atoms. The fourth-order valence-electron chi connectivity index (χ4n) is 1.96. The van der Waals surface area contributed by atoms with E-state index in [4.69, 9.17) is 4.74 Å². The Labute approximate surface area is 143 Å². The summed E-state index contributed by atoms with van der Waals surface area (Å²) < 4.78 is 32.0. The largest absolute Gasteiger partial charge is 0.489 e. The standard InChI is InChI=1S/C19H14F2N2O2/c1-2-9-25-18-6-4-3-5-13(18)10-14(12-22)19(24)23-17-8-7-15(20)11-16(17)21/h2-8,10-11H,1,9H2,(H,23,24)/b14-10+. The summed E-state index contributed by atoms with van der Waals surface area (Å²) in [5.41, 5.74) is 0.0396. The van der Waals surface area contributed by atoms with Crippen LogP contribution in [0.1, 0.15) is 5.56 Å². The predicted molar refractivity (Wildman–Crippen MR) is 90.7 cm³/mol. The predicted octanol–water partition coefficient (Wildman–Crippen LogP) is 4.08. The lowest BCUT2D eigenvalue weighted by Gasteiger charge is -2.08. The summed E-state index contributed by atoms with van der Waals surface area (Å²) in [5.74, 6) is -2.04. The maximum atomic E-state index is 13.6. The third-order valence-corrected chi connectivity index (χ3v) is 3.12. The number of nitrogens with one attached hydrogen (secondary N) is 1. The molecule has 0 aliphatic carbocycles. The highest BCUT2D eigenvalue weighted by Crippen LogP contribution is 2.22. The lowest BCUT2D eigenvalue weighted by molar-refractivity contribution is -0.112. The van der Waals surface area contributed by atoms with Crippen molar-refractivity contribution in [2.24, 2.45) is 0 Å². The van der Waals surface area contributed by atoms with Gasteiger partial charge in [-0.2, -0.15) is 5.26 Å². The summed E-state index contributed by atoms with van der Waals surface area (Å²) in [4.78, 5) is 12.2. The number of ether oxygens (including phenoxy) is 1. The lowest BCUT2D eigenvalue weighted by atomic mass is 10.1. The van der Waals surface area contributed by atoms with E-state index < -0.39 is 17.5 Å². The molecule has 0 atom stereocenters. The number of nitriles is 1. The summed E-state index contributed by atoms with van der Waals surface area (Å²) in [6.07, 6.45) is 2.89. The number of carbonyl (C=O) groups excluding carboxylic acids is 1. The zero-order chi connectivity index (χ0) is 18.2. The highest BCUT2D eigenvalue weighted by atomic mass is 19.1. The van der Waals surface area contributed by atoms with Gasteiger partial charge in [-0.1, -0.05) is 30.9 Å². The smallest absolute Gasteiger partial charge is 0.266 e. The highest BCUT2D eigenvalue weighted by Gasteiger charge is 2.13. The molecule has 0 aliphatic rings. The molecule has 0 unspecified atom stereocenters. The number of carbonyl (C=O) groups is 1. The first-order valence-electron chi connectivity index (χ1n) is 7.26. The maximum Gasteiger partial charge on any atom is 0.266 e. The van der Waals surface area contributed by atoms with Crippen LogP contribution >= 0.6 is 0 Å². The fraction of sp³-hybridized carbons (Fsp3) is 0.0526. The number of hydrogen-bond donors (Lipinski definition) is 1. The zero-order valence-electron chi connectivity index (χ0n) is 13.1. The third-order valence-electron chi connectivity index (χ3n) is 3.12. The normalized spacial score (nSPS) is 10.7. The van der Waals surface area contributed by atoms with E-state index >= 15 is 0 Å². The Kier molecular flexibility index (Phi) is 6.02. The van der Waals surface area contributed by atoms with Crippen LogP contribution in [0.4, 0.5) is 14.5 Å². The van der Waals surface area contributed by atoms with Gasteiger partial charge in [-0.05, 0) is 24.3 Å². The summed E-state index contributed by atoms with van der Waals surface area (Å²) in [7, 11) is 0. The Morgan fingerprint density at radius 2 is 2.04 bits per heavy atom. The van der Waals surface area contributed by atoms with Gasteiger partial charge >= 0.3 is 0 Å². The molecule has 0 saturated heterocycles. The van der Waals surface area contributed by atoms with Crippen LogP contribution in [-0.4, -0.2) is 12.5 Å². The number of rotatable bonds is 6. The fourth-order valence-corrected chi connectivity index (χ4v) is 1.96. The van der Waals surface area contributed by atoms with Gasteiger partial charge in [0.2, 0.25) is 0 Å². The van der Waals surface area contributed by atoms with Gasteiger partial charge in [-0.15, -0.1) is 0 Å². The van der Waals surface area contributed by atoms with Crippen LogP contribution < -0.4 is 10.1 Å². The molecule has 0 aromatic heterocycles. The van der Waals surface area contributed by atoms with E-state index in [0.29, 0.717) is 17.4 Å². The van der Waals surface area contributed by atoms with Gasteiger partial charge in [0, 0.05) is 11.6 Å². The van der Waals surface area contributed by atoms with Crippen LogP contribution in [0.3, 0.4) is 0 Å². The minimum absolute atomic E-state index is 0.219. The molecule has 0 spiro atoms. The molecule has 126 valence electrons. The second-order valence-electron chi connectivity index (χ2n) is 4.89. The minimum Gasteiger partial charge on any atom is -0.489 e. The number of nitrogens with zero attached hydrogens (tertiary/aromatic N) is 1. The van der Waals surface area contributed by atoms with Gasteiger partial charge in [-0.3, -0.25) is 4.79 Å². The molecular weight excluding hydrogens is 326 g/mol. The monoisotopic (exact) mass is 340 g/mol. The Morgan fingerprint density at radius 1 is 1.28 bits per heavy atom. The van der Waals surface area contributed by atoms with Crippen molar-refractivity contribution in [3.05, 3.63) is 77.9 Å². The number of para-hydroxylation sites is 1. The summed E-state index contributed by atoms with van der Waals surface area (Å²) in [5, 5.41) is 11.5. The van der Waals surface area contributed by atoms with Crippen LogP contribution in [0.2, 0.25) is 0 Å². The molecule has 0 fully saturated rings. The average Bonchev–Trinajstić information content (AvgIpc) is 2.61. The molecule has 2 rings (SSSR count). The molecule has 1 amide bonds. The van der Waals surface area contributed by atoms with Crippen molar-refractivity contribution < 1.29 is 18.3 Å². The van der Waals surface area contributed by atoms with E-state index in [1.54, 1.807) is 36.4 Å². The second kappa shape index (κ2) is 8.41. The quantitative estimate of drug-likeness (QED) is 0.490. The molecular formula is C19H14F2N2O2. The Balaban J connectivity index is 2.27. The van der Waals surface area contributed by atoms with E-state index in [1.807, 2.05) is 0 Å². The SMILES string of the molecule is C=CCOc1ccccc1/C=C(\C#N)C(=O)Nc1ccc(F)cc1F. The number of halogens is 2. The van der Waals surface area contributed by atoms with Gasteiger partial charge in [0.1, 0.15) is 35.6 Å². The topological polar surface area (TPSA) is 62.1 Å². The molecule has 4 nitrogen and oxygen atoms in total. The number of anilines is 1. The van der Waals surface area contributed by atoms with Gasteiger partial charge in [-0.25, -0.2) is 8.78 Å². The van der Waals surface area contributed by atoms with Crippen molar-refractivity contribution in [2.45, 2.75) is 0 Å². The summed E-state index contributed by atoms with van der Waals surface area (Å²) in [6, 6.07) is 11.3. The first kappa shape index (κ1) is 17.9. The van der Waals surface area contributed by atoms with Crippen molar-refractivity contribution in [2.75, 3.05) is 11.9 Å². The van der Waals surface area contributed by atoms with Crippen molar-refractivity contribution in [1.29, 1.82) is 5.26 Å². The van der Waals surface area contributed by atoms with Gasteiger partial charge < -0.3 is 10.1 Å². The van der Waals surface area contributed by atoms with E-state index in [9.17, 15) is 18.8 Å². The Morgan fingerprint density at radius 3 is 2.72 bits per heavy atom. The average molecular weight is 340 g/mol. The molecule has 6 heteroatoms. The van der Waals surface area contributed by atoms with E-state index in [0.717, 1.165) is 12.1 Å². The summed E-state index contributed by atoms with van der Waals surface area (Å²) >= 11 is 0. The number of hydrogen-bond acceptors (Lipinski definition) is 3. The van der Waals surface area contributed by atoms with E-state index in [-0.39, 0.29) is 17.9 Å². The minimum atomic E-state index is -0.930.